The minimum Gasteiger partial charge on any atom is -0.379 e. The molecule has 2 atom stereocenters. The van der Waals surface area contributed by atoms with Crippen LogP contribution in [0.25, 0.3) is 21.1 Å². The van der Waals surface area contributed by atoms with Crippen molar-refractivity contribution < 1.29 is 71.3 Å². The summed E-state index contributed by atoms with van der Waals surface area (Å²) >= 11 is 4.44. The van der Waals surface area contributed by atoms with Crippen molar-refractivity contribution in [1.29, 1.82) is 10.5 Å². The molecule has 0 spiro atoms. The van der Waals surface area contributed by atoms with Crippen molar-refractivity contribution in [1.82, 2.24) is 9.97 Å². The summed E-state index contributed by atoms with van der Waals surface area (Å²) in [5.41, 5.74) is -0.490. The van der Waals surface area contributed by atoms with Crippen LogP contribution >= 0.6 is 38.6 Å². The van der Waals surface area contributed by atoms with Gasteiger partial charge in [0.05, 0.1) is 50.0 Å². The maximum absolute atomic E-state index is 13.7. The van der Waals surface area contributed by atoms with Crippen molar-refractivity contribution in [2.45, 2.75) is 62.7 Å². The molecule has 0 bridgehead atoms. The monoisotopic (exact) mass is 1030 g/mol. The smallest absolute Gasteiger partial charge is 0.379 e. The van der Waals surface area contributed by atoms with E-state index in [1.807, 2.05) is 0 Å². The zero-order valence-electron chi connectivity index (χ0n) is 32.8. The molecule has 2 unspecified atom stereocenters. The van der Waals surface area contributed by atoms with Gasteiger partial charge in [-0.3, -0.25) is 0 Å². The molecule has 6 rings (SSSR count). The zero-order chi connectivity index (χ0) is 48.7. The first-order valence-corrected chi connectivity index (χ1v) is 20.6. The molecule has 0 radical (unpaired) electrons. The molecule has 1 N–H and O–H groups in total. The third-order valence-corrected chi connectivity index (χ3v) is 11.7. The Labute approximate surface area is 376 Å². The number of nitriles is 2. The Bertz CT molecular complexity index is 2650. The lowest BCUT2D eigenvalue weighted by Gasteiger charge is -2.20. The molecule has 0 aliphatic rings. The van der Waals surface area contributed by atoms with Gasteiger partial charge in [-0.1, -0.05) is 52.3 Å². The van der Waals surface area contributed by atoms with Crippen LogP contribution in [0, 0.1) is 48.1 Å². The van der Waals surface area contributed by atoms with Crippen LogP contribution in [-0.4, -0.2) is 27.4 Å². The van der Waals surface area contributed by atoms with E-state index < -0.39 is 66.3 Å². The Morgan fingerprint density at radius 1 is 0.615 bits per heavy atom. The van der Waals surface area contributed by atoms with Crippen molar-refractivity contribution >= 4 is 38.6 Å². The Kier molecular flexibility index (Phi) is 17.0. The molecule has 0 aliphatic heterocycles. The summed E-state index contributed by atoms with van der Waals surface area (Å²) in [6, 6.07) is 19.1. The lowest BCUT2D eigenvalue weighted by Crippen LogP contribution is -2.23. The summed E-state index contributed by atoms with van der Waals surface area (Å²) in [7, 11) is 0. The van der Waals surface area contributed by atoms with Gasteiger partial charge in [-0.05, 0) is 73.5 Å². The number of halogens is 15. The van der Waals surface area contributed by atoms with Crippen LogP contribution < -0.4 is 0 Å². The lowest BCUT2D eigenvalue weighted by molar-refractivity contribution is -0.226. The normalized spacial score (nSPS) is 12.8. The second-order valence-corrected chi connectivity index (χ2v) is 15.9. The average molecular weight is 1030 g/mol. The number of ether oxygens (including phenoxy) is 1. The fourth-order valence-electron chi connectivity index (χ4n) is 5.28. The van der Waals surface area contributed by atoms with E-state index in [0.29, 0.717) is 28.0 Å². The van der Waals surface area contributed by atoms with Gasteiger partial charge in [-0.25, -0.2) is 18.7 Å². The van der Waals surface area contributed by atoms with Gasteiger partial charge in [0.25, 0.3) is 0 Å². The summed E-state index contributed by atoms with van der Waals surface area (Å²) in [5.74, 6) is -1.33. The number of nitrogens with zero attached hydrogens (tertiary/aromatic N) is 4. The molecule has 6 nitrogen and oxygen atoms in total. The van der Waals surface area contributed by atoms with Gasteiger partial charge in [0.2, 0.25) is 0 Å². The van der Waals surface area contributed by atoms with Crippen LogP contribution in [0.15, 0.2) is 84.9 Å². The van der Waals surface area contributed by atoms with Gasteiger partial charge in [0.1, 0.15) is 33.8 Å². The van der Waals surface area contributed by atoms with Crippen LogP contribution in [-0.2, 0) is 29.0 Å². The third-order valence-electron chi connectivity index (χ3n) is 8.56. The molecule has 0 saturated carbocycles. The van der Waals surface area contributed by atoms with Gasteiger partial charge in [0.15, 0.2) is 12.2 Å². The molecular formula is C42H27BrF14N4O2S2. The van der Waals surface area contributed by atoms with Gasteiger partial charge in [0, 0.05) is 16.5 Å². The molecule has 2 heterocycles. The number of benzene rings is 4. The van der Waals surface area contributed by atoms with Crippen LogP contribution in [0.2, 0.25) is 0 Å². The minimum atomic E-state index is -4.82. The fourth-order valence-corrected chi connectivity index (χ4v) is 7.86. The predicted octanol–water partition coefficient (Wildman–Crippen LogP) is 14.3. The maximum Gasteiger partial charge on any atom is 0.419 e. The van der Waals surface area contributed by atoms with Crippen molar-refractivity contribution in [3.63, 3.8) is 0 Å². The van der Waals surface area contributed by atoms with Crippen LogP contribution in [0.1, 0.15) is 66.7 Å². The topological polar surface area (TPSA) is 103 Å². The summed E-state index contributed by atoms with van der Waals surface area (Å²) in [6.45, 7) is 2.05. The number of hydrogen-bond acceptors (Lipinski definition) is 8. The van der Waals surface area contributed by atoms with E-state index in [4.69, 9.17) is 15.3 Å². The number of aliphatic hydroxyl groups is 1. The fraction of sp³-hybridized carbons (Fsp3) is 0.238. The second-order valence-electron chi connectivity index (χ2n) is 13.3. The van der Waals surface area contributed by atoms with E-state index in [2.05, 4.69) is 25.9 Å². The first kappa shape index (κ1) is 52.2. The highest BCUT2D eigenvalue weighted by molar-refractivity contribution is 9.08. The molecule has 0 fully saturated rings. The first-order valence-electron chi connectivity index (χ1n) is 17.8. The molecular weight excluding hydrogens is 1000 g/mol. The van der Waals surface area contributed by atoms with Crippen LogP contribution in [0.3, 0.4) is 0 Å². The molecule has 0 amide bonds. The SMILES string of the molecule is Cc1nc(-c2ccc(C(F)(F)F)cc2)sc1C(O)C(F)(F)F.Cc1nc(-c2ccc(C(F)(F)F)cc2)sc1C(OCc1ccc(C#N)c(F)c1)C(F)(F)F.N#Cc1ccc(CBr)cc1F. The Balaban J connectivity index is 0.000000241. The number of rotatable bonds is 8. The van der Waals surface area contributed by atoms with E-state index >= 15 is 0 Å². The zero-order valence-corrected chi connectivity index (χ0v) is 36.0. The quantitative estimate of drug-likeness (QED) is 0.120. The van der Waals surface area contributed by atoms with Gasteiger partial charge in [-0.2, -0.15) is 63.2 Å². The van der Waals surface area contributed by atoms with Crippen molar-refractivity contribution in [3.05, 3.63) is 151 Å². The average Bonchev–Trinajstić information content (AvgIpc) is 3.81. The summed E-state index contributed by atoms with van der Waals surface area (Å²) in [5, 5.41) is 27.2. The van der Waals surface area contributed by atoms with E-state index in [9.17, 15) is 66.6 Å². The molecule has 0 aliphatic carbocycles. The highest BCUT2D eigenvalue weighted by Gasteiger charge is 2.45. The van der Waals surface area contributed by atoms with E-state index in [-0.39, 0.29) is 59.0 Å². The van der Waals surface area contributed by atoms with Crippen molar-refractivity contribution in [2.24, 2.45) is 0 Å². The Morgan fingerprint density at radius 3 is 1.38 bits per heavy atom. The van der Waals surface area contributed by atoms with E-state index in [0.717, 1.165) is 66.2 Å². The number of aryl methyl sites for hydroxylation is 2. The Hall–Kier alpha value is -5.46. The van der Waals surface area contributed by atoms with Gasteiger partial charge >= 0.3 is 24.7 Å². The molecule has 2 aromatic heterocycles. The number of thiazole rings is 2. The van der Waals surface area contributed by atoms with E-state index in [1.165, 1.54) is 32.0 Å². The first-order chi connectivity index (χ1) is 30.2. The summed E-state index contributed by atoms with van der Waals surface area (Å²) < 4.78 is 186. The van der Waals surface area contributed by atoms with Crippen molar-refractivity contribution in [3.8, 4) is 33.3 Å². The predicted molar refractivity (Wildman–Crippen MR) is 214 cm³/mol. The second kappa shape index (κ2) is 21.2. The van der Waals surface area contributed by atoms with Crippen LogP contribution in [0.4, 0.5) is 61.5 Å². The summed E-state index contributed by atoms with van der Waals surface area (Å²) in [4.78, 5) is 7.31. The number of hydrogen-bond donors (Lipinski definition) is 1. The Morgan fingerprint density at radius 2 is 1.02 bits per heavy atom. The molecule has 6 aromatic rings. The largest absolute Gasteiger partial charge is 0.419 e. The minimum absolute atomic E-state index is 0.00952. The highest BCUT2D eigenvalue weighted by Crippen LogP contribution is 2.44. The molecule has 344 valence electrons. The summed E-state index contributed by atoms with van der Waals surface area (Å²) in [6.07, 6.45) is -23.7. The highest BCUT2D eigenvalue weighted by atomic mass is 79.9. The lowest BCUT2D eigenvalue weighted by atomic mass is 10.1. The van der Waals surface area contributed by atoms with Crippen molar-refractivity contribution in [2.75, 3.05) is 0 Å². The molecule has 65 heavy (non-hydrogen) atoms. The number of aliphatic hydroxyl groups excluding tert-OH is 1. The molecule has 0 saturated heterocycles. The van der Waals surface area contributed by atoms with Gasteiger partial charge < -0.3 is 9.84 Å². The number of aromatic nitrogens is 2. The number of alkyl halides is 13. The molecule has 4 aromatic carbocycles. The third kappa shape index (κ3) is 14.0. The van der Waals surface area contributed by atoms with E-state index in [1.54, 1.807) is 18.2 Å². The van der Waals surface area contributed by atoms with Crippen LogP contribution in [0.5, 0.6) is 0 Å². The molecule has 23 heteroatoms. The standard InChI is InChI=1S/C21H13F7N2OS.C13H9F6NOS.C8H5BrFN/c1-11-17(32-19(30-11)13-4-6-15(7-5-13)20(23,24)25)18(21(26,27)28)31-10-12-2-3-14(9-29)16(22)8-12;1-6-9(10(21)13(17,18)19)22-11(20-6)7-2-4-8(5-3-7)12(14,15)16;9-4-6-1-2-7(5-11)8(10)3-6/h2-8,18H,10H2,1H3;2-5,10,21H,1H3;1-3H,4H2. The van der Waals surface area contributed by atoms with Gasteiger partial charge in [-0.15, -0.1) is 22.7 Å². The maximum atomic E-state index is 13.7.